The Labute approximate surface area is 81.8 Å². The van der Waals surface area contributed by atoms with Crippen LogP contribution < -0.4 is 0 Å². The highest BCUT2D eigenvalue weighted by Crippen LogP contribution is 2.21. The molecular weight excluding hydrogens is 187 g/mol. The molecule has 3 nitrogen and oxygen atoms in total. The first-order valence-electron chi connectivity index (χ1n) is 5.02. The summed E-state index contributed by atoms with van der Waals surface area (Å²) in [6.07, 6.45) is 7.30. The van der Waals surface area contributed by atoms with E-state index in [1.807, 2.05) is 0 Å². The van der Waals surface area contributed by atoms with Crippen molar-refractivity contribution in [3.63, 3.8) is 0 Å². The molecule has 0 aromatic heterocycles. The van der Waals surface area contributed by atoms with E-state index >= 15 is 0 Å². The van der Waals surface area contributed by atoms with Crippen molar-refractivity contribution < 1.29 is 13.6 Å². The van der Waals surface area contributed by atoms with Crippen LogP contribution in [-0.4, -0.2) is 13.7 Å². The molecule has 0 aromatic carbocycles. The van der Waals surface area contributed by atoms with Gasteiger partial charge in [-0.05, 0) is 6.42 Å². The molecule has 0 spiro atoms. The van der Waals surface area contributed by atoms with E-state index in [1.165, 1.54) is 39.2 Å². The smallest absolute Gasteiger partial charge is 0.314 e. The van der Waals surface area contributed by atoms with Gasteiger partial charge in [0.25, 0.3) is 0 Å². The second-order valence-electron chi connectivity index (χ2n) is 3.07. The Morgan fingerprint density at radius 3 is 2.31 bits per heavy atom. The van der Waals surface area contributed by atoms with Crippen molar-refractivity contribution in [3.05, 3.63) is 0 Å². The lowest BCUT2D eigenvalue weighted by Crippen LogP contribution is -1.88. The zero-order valence-electron chi connectivity index (χ0n) is 8.67. The van der Waals surface area contributed by atoms with Gasteiger partial charge in [0.1, 0.15) is 0 Å². The zero-order valence-corrected chi connectivity index (χ0v) is 9.67. The van der Waals surface area contributed by atoms with Crippen molar-refractivity contribution in [1.29, 1.82) is 0 Å². The molecule has 0 fully saturated rings. The molecule has 0 radical (unpaired) electrons. The van der Waals surface area contributed by atoms with Gasteiger partial charge in [-0.1, -0.05) is 39.0 Å². The Kier molecular flexibility index (Phi) is 10.4. The summed E-state index contributed by atoms with van der Waals surface area (Å²) in [6, 6.07) is 0. The average molecular weight is 208 g/mol. The molecule has 4 heteroatoms. The molecule has 0 aliphatic heterocycles. The molecule has 0 amide bonds. The summed E-state index contributed by atoms with van der Waals surface area (Å²) in [5.41, 5.74) is 0. The number of hydrogen-bond acceptors (Lipinski definition) is 3. The Balaban J connectivity index is 2.95. The quantitative estimate of drug-likeness (QED) is 0.430. The first-order valence-corrected chi connectivity index (χ1v) is 6.24. The van der Waals surface area contributed by atoms with Gasteiger partial charge < -0.3 is 9.05 Å². The molecule has 0 aliphatic carbocycles. The fourth-order valence-electron chi connectivity index (χ4n) is 1.10. The third-order valence-corrected chi connectivity index (χ3v) is 2.66. The summed E-state index contributed by atoms with van der Waals surface area (Å²) in [7, 11) is -0.771. The van der Waals surface area contributed by atoms with Gasteiger partial charge >= 0.3 is 8.25 Å². The predicted molar refractivity (Wildman–Crippen MR) is 55.3 cm³/mol. The molecule has 0 aliphatic rings. The van der Waals surface area contributed by atoms with Crippen LogP contribution in [0.2, 0.25) is 0 Å². The topological polar surface area (TPSA) is 35.5 Å². The second-order valence-corrected chi connectivity index (χ2v) is 4.27. The van der Waals surface area contributed by atoms with Crippen LogP contribution in [0.3, 0.4) is 0 Å². The molecule has 0 N–H and O–H groups in total. The average Bonchev–Trinajstić information content (AvgIpc) is 2.16. The molecule has 1 atom stereocenters. The molecule has 0 heterocycles. The highest BCUT2D eigenvalue weighted by molar-refractivity contribution is 7.33. The van der Waals surface area contributed by atoms with Crippen LogP contribution in [0.5, 0.6) is 0 Å². The monoisotopic (exact) mass is 208 g/mol. The molecule has 0 aromatic rings. The minimum Gasteiger partial charge on any atom is -0.314 e. The maximum absolute atomic E-state index is 10.7. The minimum absolute atomic E-state index is 0.567. The molecular formula is C9H21O3P. The summed E-state index contributed by atoms with van der Waals surface area (Å²) >= 11 is 0. The molecule has 80 valence electrons. The van der Waals surface area contributed by atoms with Gasteiger partial charge in [-0.15, -0.1) is 0 Å². The Morgan fingerprint density at radius 2 is 1.69 bits per heavy atom. The van der Waals surface area contributed by atoms with E-state index in [4.69, 9.17) is 4.52 Å². The van der Waals surface area contributed by atoms with Crippen LogP contribution in [0.25, 0.3) is 0 Å². The lowest BCUT2D eigenvalue weighted by molar-refractivity contribution is 0.250. The standard InChI is InChI=1S/C9H21O3P/c1-3-4-5-6-7-8-9-12-13(10)11-2/h13H,3-9H2,1-2H3. The van der Waals surface area contributed by atoms with E-state index in [2.05, 4.69) is 11.4 Å². The first-order chi connectivity index (χ1) is 6.31. The Bertz CT molecular complexity index is 128. The minimum atomic E-state index is -2.18. The Hall–Kier alpha value is 0.150. The Morgan fingerprint density at radius 1 is 1.08 bits per heavy atom. The van der Waals surface area contributed by atoms with Crippen molar-refractivity contribution in [3.8, 4) is 0 Å². The normalized spacial score (nSPS) is 13.1. The van der Waals surface area contributed by atoms with E-state index < -0.39 is 8.25 Å². The van der Waals surface area contributed by atoms with Crippen LogP contribution >= 0.6 is 8.25 Å². The molecule has 13 heavy (non-hydrogen) atoms. The van der Waals surface area contributed by atoms with Crippen LogP contribution in [0.15, 0.2) is 0 Å². The van der Waals surface area contributed by atoms with Crippen LogP contribution in [0.4, 0.5) is 0 Å². The van der Waals surface area contributed by atoms with E-state index in [0.29, 0.717) is 6.61 Å². The molecule has 0 saturated carbocycles. The first kappa shape index (κ1) is 13.2. The van der Waals surface area contributed by atoms with Crippen molar-refractivity contribution in [2.24, 2.45) is 0 Å². The zero-order chi connectivity index (χ0) is 9.94. The highest BCUT2D eigenvalue weighted by atomic mass is 31.1. The van der Waals surface area contributed by atoms with Crippen molar-refractivity contribution in [2.45, 2.75) is 45.4 Å². The SMILES string of the molecule is CCCCCCCCO[PH](=O)OC. The van der Waals surface area contributed by atoms with Gasteiger partial charge in [0.15, 0.2) is 0 Å². The molecule has 0 bridgehead atoms. The lowest BCUT2D eigenvalue weighted by Gasteiger charge is -2.02. The maximum Gasteiger partial charge on any atom is 0.318 e. The summed E-state index contributed by atoms with van der Waals surface area (Å²) < 4.78 is 20.1. The third-order valence-electron chi connectivity index (χ3n) is 1.88. The van der Waals surface area contributed by atoms with E-state index in [1.54, 1.807) is 0 Å². The van der Waals surface area contributed by atoms with Gasteiger partial charge in [-0.25, -0.2) is 0 Å². The van der Waals surface area contributed by atoms with E-state index in [9.17, 15) is 4.57 Å². The maximum atomic E-state index is 10.7. The van der Waals surface area contributed by atoms with Crippen LogP contribution in [-0.2, 0) is 13.6 Å². The predicted octanol–water partition coefficient (Wildman–Crippen LogP) is 3.40. The number of unbranched alkanes of at least 4 members (excludes halogenated alkanes) is 5. The molecule has 1 unspecified atom stereocenters. The fourth-order valence-corrected chi connectivity index (χ4v) is 1.53. The van der Waals surface area contributed by atoms with E-state index in [0.717, 1.165) is 6.42 Å². The molecule has 0 rings (SSSR count). The second kappa shape index (κ2) is 10.2. The van der Waals surface area contributed by atoms with Gasteiger partial charge in [-0.2, -0.15) is 0 Å². The van der Waals surface area contributed by atoms with Crippen LogP contribution in [0.1, 0.15) is 45.4 Å². The summed E-state index contributed by atoms with van der Waals surface area (Å²) in [4.78, 5) is 0. The highest BCUT2D eigenvalue weighted by Gasteiger charge is 1.95. The largest absolute Gasteiger partial charge is 0.318 e. The number of rotatable bonds is 9. The summed E-state index contributed by atoms with van der Waals surface area (Å²) in [5.74, 6) is 0. The van der Waals surface area contributed by atoms with Crippen molar-refractivity contribution >= 4 is 8.25 Å². The summed E-state index contributed by atoms with van der Waals surface area (Å²) in [6.45, 7) is 2.77. The summed E-state index contributed by atoms with van der Waals surface area (Å²) in [5, 5.41) is 0. The number of hydrogen-bond donors (Lipinski definition) is 0. The van der Waals surface area contributed by atoms with Crippen molar-refractivity contribution in [2.75, 3.05) is 13.7 Å². The van der Waals surface area contributed by atoms with Crippen molar-refractivity contribution in [1.82, 2.24) is 0 Å². The lowest BCUT2D eigenvalue weighted by atomic mass is 10.1. The van der Waals surface area contributed by atoms with Gasteiger partial charge in [0.05, 0.1) is 6.61 Å². The van der Waals surface area contributed by atoms with Crippen LogP contribution in [0, 0.1) is 0 Å². The van der Waals surface area contributed by atoms with Gasteiger partial charge in [-0.3, -0.25) is 4.57 Å². The van der Waals surface area contributed by atoms with Gasteiger partial charge in [0, 0.05) is 7.11 Å². The fraction of sp³-hybridized carbons (Fsp3) is 1.00. The van der Waals surface area contributed by atoms with E-state index in [-0.39, 0.29) is 0 Å². The molecule has 0 saturated heterocycles. The third kappa shape index (κ3) is 10.1. The van der Waals surface area contributed by atoms with Gasteiger partial charge in [0.2, 0.25) is 0 Å².